The van der Waals surface area contributed by atoms with Gasteiger partial charge in [-0.15, -0.1) is 0 Å². The topological polar surface area (TPSA) is 59.3 Å². The molecule has 0 bridgehead atoms. The van der Waals surface area contributed by atoms with Crippen molar-refractivity contribution >= 4 is 29.2 Å². The van der Waals surface area contributed by atoms with Crippen molar-refractivity contribution in [1.29, 1.82) is 0 Å². The van der Waals surface area contributed by atoms with E-state index in [1.54, 1.807) is 35.8 Å². The van der Waals surface area contributed by atoms with E-state index in [1.807, 2.05) is 6.92 Å². The molecule has 0 radical (unpaired) electrons. The summed E-state index contributed by atoms with van der Waals surface area (Å²) in [5, 5.41) is 10.2. The van der Waals surface area contributed by atoms with Crippen LogP contribution in [0.1, 0.15) is 23.0 Å². The van der Waals surface area contributed by atoms with E-state index in [2.05, 4.69) is 0 Å². The number of carboxylic acid groups (broad SMARTS) is 1. The van der Waals surface area contributed by atoms with Crippen LogP contribution < -0.4 is 5.43 Å². The van der Waals surface area contributed by atoms with Gasteiger partial charge in [-0.05, 0) is 49.2 Å². The molecule has 3 rings (SSSR count). The highest BCUT2D eigenvalue weighted by molar-refractivity contribution is 6.31. The molecule has 3 aromatic rings. The summed E-state index contributed by atoms with van der Waals surface area (Å²) in [7, 11) is 0. The Hall–Kier alpha value is -2.63. The zero-order chi connectivity index (χ0) is 20.6. The lowest BCUT2D eigenvalue weighted by Gasteiger charge is -2.21. The van der Waals surface area contributed by atoms with Gasteiger partial charge in [-0.1, -0.05) is 41.4 Å². The van der Waals surface area contributed by atoms with E-state index in [0.717, 1.165) is 6.07 Å². The third-order valence-corrected chi connectivity index (χ3v) is 5.14. The molecule has 1 aromatic heterocycles. The van der Waals surface area contributed by atoms with Gasteiger partial charge in [-0.2, -0.15) is 0 Å². The number of carboxylic acids is 1. The predicted octanol–water partition coefficient (Wildman–Crippen LogP) is 5.65. The van der Waals surface area contributed by atoms with Gasteiger partial charge < -0.3 is 9.67 Å². The molecule has 0 atom stereocenters. The fourth-order valence-electron chi connectivity index (χ4n) is 3.33. The Balaban J connectivity index is 2.44. The van der Waals surface area contributed by atoms with Crippen LogP contribution in [-0.2, 0) is 6.54 Å². The molecule has 0 saturated carbocycles. The number of carbonyl (C=O) groups is 1. The second-order valence-corrected chi connectivity index (χ2v) is 7.04. The normalized spacial score (nSPS) is 10.9. The van der Waals surface area contributed by atoms with Crippen LogP contribution in [0.2, 0.25) is 10.0 Å². The van der Waals surface area contributed by atoms with Crippen molar-refractivity contribution in [2.45, 2.75) is 20.4 Å². The van der Waals surface area contributed by atoms with Gasteiger partial charge in [0.1, 0.15) is 11.4 Å². The molecule has 2 aromatic carbocycles. The van der Waals surface area contributed by atoms with Crippen LogP contribution in [0.5, 0.6) is 0 Å². The molecule has 0 amide bonds. The third kappa shape index (κ3) is 3.43. The predicted molar refractivity (Wildman–Crippen MR) is 109 cm³/mol. The van der Waals surface area contributed by atoms with Crippen LogP contribution in [0.4, 0.5) is 4.39 Å². The van der Waals surface area contributed by atoms with Crippen molar-refractivity contribution in [3.8, 4) is 22.4 Å². The van der Waals surface area contributed by atoms with Gasteiger partial charge in [0.15, 0.2) is 0 Å². The van der Waals surface area contributed by atoms with Crippen LogP contribution in [0.25, 0.3) is 22.4 Å². The number of aromatic carboxylic acids is 1. The molecule has 7 heteroatoms. The first kappa shape index (κ1) is 20.1. The molecule has 0 aliphatic heterocycles. The van der Waals surface area contributed by atoms with Crippen molar-refractivity contribution in [2.75, 3.05) is 0 Å². The van der Waals surface area contributed by atoms with Gasteiger partial charge >= 0.3 is 5.97 Å². The summed E-state index contributed by atoms with van der Waals surface area (Å²) in [6, 6.07) is 10.6. The van der Waals surface area contributed by atoms with Crippen LogP contribution in [0.15, 0.2) is 47.3 Å². The molecule has 0 aliphatic rings. The van der Waals surface area contributed by atoms with Crippen LogP contribution in [-0.4, -0.2) is 15.6 Å². The SMILES string of the molecule is CCn1c(C)c(-c2ccc(Cl)c(F)c2)c(=O)c(C(=O)O)c1-c1ccc(Cl)cc1. The first-order valence-corrected chi connectivity index (χ1v) is 9.23. The summed E-state index contributed by atoms with van der Waals surface area (Å²) >= 11 is 11.7. The molecule has 144 valence electrons. The lowest BCUT2D eigenvalue weighted by Crippen LogP contribution is -2.25. The van der Waals surface area contributed by atoms with Gasteiger partial charge in [-0.3, -0.25) is 4.79 Å². The van der Waals surface area contributed by atoms with Crippen molar-refractivity contribution in [1.82, 2.24) is 4.57 Å². The van der Waals surface area contributed by atoms with Gasteiger partial charge in [0, 0.05) is 22.8 Å². The van der Waals surface area contributed by atoms with E-state index in [9.17, 15) is 19.1 Å². The second-order valence-electron chi connectivity index (χ2n) is 6.20. The fourth-order valence-corrected chi connectivity index (χ4v) is 3.57. The number of aromatic nitrogens is 1. The van der Waals surface area contributed by atoms with Crippen molar-refractivity contribution in [3.05, 3.63) is 79.8 Å². The number of rotatable bonds is 4. The van der Waals surface area contributed by atoms with E-state index >= 15 is 0 Å². The number of hydrogen-bond donors (Lipinski definition) is 1. The first-order chi connectivity index (χ1) is 13.3. The Kier molecular flexibility index (Phi) is 5.59. The maximum absolute atomic E-state index is 14.0. The molecule has 0 aliphatic carbocycles. The molecule has 0 fully saturated rings. The minimum atomic E-state index is -1.35. The molecule has 4 nitrogen and oxygen atoms in total. The van der Waals surface area contributed by atoms with Crippen LogP contribution in [0, 0.1) is 12.7 Å². The summed E-state index contributed by atoms with van der Waals surface area (Å²) in [6.45, 7) is 3.96. The highest BCUT2D eigenvalue weighted by Crippen LogP contribution is 2.31. The highest BCUT2D eigenvalue weighted by Gasteiger charge is 2.25. The molecular formula is C21H16Cl2FNO3. The van der Waals surface area contributed by atoms with E-state index < -0.39 is 17.2 Å². The zero-order valence-electron chi connectivity index (χ0n) is 15.1. The van der Waals surface area contributed by atoms with Crippen LogP contribution in [0.3, 0.4) is 0 Å². The van der Waals surface area contributed by atoms with E-state index in [4.69, 9.17) is 23.2 Å². The zero-order valence-corrected chi connectivity index (χ0v) is 16.6. The van der Waals surface area contributed by atoms with Crippen molar-refractivity contribution in [3.63, 3.8) is 0 Å². The summed E-state index contributed by atoms with van der Waals surface area (Å²) < 4.78 is 15.7. The number of nitrogens with zero attached hydrogens (tertiary/aromatic N) is 1. The molecule has 1 N–H and O–H groups in total. The summed E-state index contributed by atoms with van der Waals surface area (Å²) in [4.78, 5) is 25.2. The van der Waals surface area contributed by atoms with Crippen molar-refractivity contribution in [2.24, 2.45) is 0 Å². The lowest BCUT2D eigenvalue weighted by molar-refractivity contribution is 0.0695. The Morgan fingerprint density at radius 1 is 1.11 bits per heavy atom. The monoisotopic (exact) mass is 419 g/mol. The Bertz CT molecular complexity index is 1140. The Labute approximate surface area is 170 Å². The van der Waals surface area contributed by atoms with Crippen LogP contribution >= 0.6 is 23.2 Å². The summed E-state index contributed by atoms with van der Waals surface area (Å²) in [6.07, 6.45) is 0. The molecule has 0 saturated heterocycles. The molecule has 0 unspecified atom stereocenters. The summed E-state index contributed by atoms with van der Waals surface area (Å²) in [5.74, 6) is -2.03. The van der Waals surface area contributed by atoms with E-state index in [-0.39, 0.29) is 27.4 Å². The van der Waals surface area contributed by atoms with E-state index in [1.165, 1.54) is 12.1 Å². The number of benzene rings is 2. The standard InChI is InChI=1S/C21H16Cl2FNO3/c1-3-25-11(2)17(13-6-9-15(23)16(24)10-13)20(26)18(21(27)28)19(25)12-4-7-14(22)8-5-12/h4-10H,3H2,1-2H3,(H,27,28). The Morgan fingerprint density at radius 2 is 1.71 bits per heavy atom. The number of pyridine rings is 1. The fraction of sp³-hybridized carbons (Fsp3) is 0.143. The minimum absolute atomic E-state index is 0.0755. The Morgan fingerprint density at radius 3 is 2.25 bits per heavy atom. The maximum Gasteiger partial charge on any atom is 0.341 e. The van der Waals surface area contributed by atoms with Gasteiger partial charge in [0.05, 0.1) is 10.7 Å². The average Bonchev–Trinajstić information content (AvgIpc) is 2.64. The molecular weight excluding hydrogens is 404 g/mol. The van der Waals surface area contributed by atoms with Gasteiger partial charge in [-0.25, -0.2) is 9.18 Å². The number of hydrogen-bond acceptors (Lipinski definition) is 2. The number of halogens is 3. The first-order valence-electron chi connectivity index (χ1n) is 8.48. The molecule has 28 heavy (non-hydrogen) atoms. The lowest BCUT2D eigenvalue weighted by atomic mass is 9.96. The van der Waals surface area contributed by atoms with Crippen molar-refractivity contribution < 1.29 is 14.3 Å². The quantitative estimate of drug-likeness (QED) is 0.593. The van der Waals surface area contributed by atoms with E-state index in [0.29, 0.717) is 22.8 Å². The smallest absolute Gasteiger partial charge is 0.341 e. The maximum atomic E-state index is 14.0. The molecule has 0 spiro atoms. The third-order valence-electron chi connectivity index (χ3n) is 4.58. The average molecular weight is 420 g/mol. The molecule has 1 heterocycles. The highest BCUT2D eigenvalue weighted by atomic mass is 35.5. The van der Waals surface area contributed by atoms with Gasteiger partial charge in [0.2, 0.25) is 5.43 Å². The largest absolute Gasteiger partial charge is 0.477 e. The second kappa shape index (κ2) is 7.78. The van der Waals surface area contributed by atoms with Gasteiger partial charge in [0.25, 0.3) is 0 Å². The summed E-state index contributed by atoms with van der Waals surface area (Å²) in [5.41, 5.74) is 0.722. The minimum Gasteiger partial charge on any atom is -0.477 e.